The molecule has 108 valence electrons. The molecule has 1 rings (SSSR count). The fraction of sp³-hybridized carbons (Fsp3) is 0.545. The molecule has 1 unspecified atom stereocenters. The number of thiophene rings is 1. The summed E-state index contributed by atoms with van der Waals surface area (Å²) in [6, 6.07) is -0.204. The van der Waals surface area contributed by atoms with Crippen molar-refractivity contribution in [2.24, 2.45) is 0 Å². The SMILES string of the molecule is COC(=O)c1scc(C)c1S(=O)(=O)NC(C)CSC. The standard InChI is InChI=1S/C11H17NO4S3/c1-7-5-18-9(11(13)16-3)10(7)19(14,15)12-8(2)6-17-4/h5,8,12H,6H2,1-4H3. The van der Waals surface area contributed by atoms with Crippen LogP contribution in [-0.4, -0.2) is 39.5 Å². The van der Waals surface area contributed by atoms with E-state index in [1.807, 2.05) is 6.26 Å². The van der Waals surface area contributed by atoms with Crippen LogP contribution in [0.15, 0.2) is 10.3 Å². The van der Waals surface area contributed by atoms with Crippen LogP contribution in [0, 0.1) is 6.92 Å². The predicted molar refractivity (Wildman–Crippen MR) is 78.6 cm³/mol. The summed E-state index contributed by atoms with van der Waals surface area (Å²) in [5.74, 6) is 0.0340. The number of nitrogens with one attached hydrogen (secondary N) is 1. The Bertz CT molecular complexity index is 550. The van der Waals surface area contributed by atoms with Crippen molar-refractivity contribution in [3.8, 4) is 0 Å². The van der Waals surface area contributed by atoms with E-state index < -0.39 is 16.0 Å². The molecule has 8 heteroatoms. The molecule has 0 aliphatic rings. The van der Waals surface area contributed by atoms with Crippen molar-refractivity contribution in [1.29, 1.82) is 0 Å². The molecule has 1 N–H and O–H groups in total. The minimum Gasteiger partial charge on any atom is -0.465 e. The molecular formula is C11H17NO4S3. The van der Waals surface area contributed by atoms with Crippen LogP contribution in [0.1, 0.15) is 22.2 Å². The van der Waals surface area contributed by atoms with Gasteiger partial charge in [-0.2, -0.15) is 11.8 Å². The maximum absolute atomic E-state index is 12.3. The van der Waals surface area contributed by atoms with Gasteiger partial charge in [-0.25, -0.2) is 17.9 Å². The number of esters is 1. The first kappa shape index (κ1) is 16.5. The van der Waals surface area contributed by atoms with Crippen LogP contribution in [0.2, 0.25) is 0 Å². The summed E-state index contributed by atoms with van der Waals surface area (Å²) in [7, 11) is -2.47. The lowest BCUT2D eigenvalue weighted by Crippen LogP contribution is -2.35. The van der Waals surface area contributed by atoms with Gasteiger partial charge in [0.1, 0.15) is 9.77 Å². The monoisotopic (exact) mass is 323 g/mol. The third kappa shape index (κ3) is 3.95. The number of hydrogen-bond acceptors (Lipinski definition) is 6. The second-order valence-corrected chi connectivity index (χ2v) is 7.49. The average Bonchev–Trinajstić information content (AvgIpc) is 2.70. The topological polar surface area (TPSA) is 72.5 Å². The zero-order valence-electron chi connectivity index (χ0n) is 11.2. The first-order valence-corrected chi connectivity index (χ1v) is 9.26. The van der Waals surface area contributed by atoms with Crippen molar-refractivity contribution in [1.82, 2.24) is 4.72 Å². The Morgan fingerprint density at radius 2 is 2.21 bits per heavy atom. The fourth-order valence-corrected chi connectivity index (χ4v) is 5.25. The average molecular weight is 323 g/mol. The Hall–Kier alpha value is -0.570. The summed E-state index contributed by atoms with van der Waals surface area (Å²) in [6.45, 7) is 3.45. The van der Waals surface area contributed by atoms with Gasteiger partial charge in [0.15, 0.2) is 0 Å². The highest BCUT2D eigenvalue weighted by atomic mass is 32.2. The molecule has 0 aliphatic heterocycles. The first-order chi connectivity index (χ1) is 8.83. The van der Waals surface area contributed by atoms with Crippen LogP contribution in [0.25, 0.3) is 0 Å². The van der Waals surface area contributed by atoms with Crippen molar-refractivity contribution in [3.05, 3.63) is 15.8 Å². The van der Waals surface area contributed by atoms with Crippen LogP contribution < -0.4 is 4.72 Å². The van der Waals surface area contributed by atoms with E-state index >= 15 is 0 Å². The second-order valence-electron chi connectivity index (χ2n) is 4.05. The number of methoxy groups -OCH3 is 1. The zero-order valence-corrected chi connectivity index (χ0v) is 13.7. The maximum atomic E-state index is 12.3. The lowest BCUT2D eigenvalue weighted by Gasteiger charge is -2.13. The highest BCUT2D eigenvalue weighted by Gasteiger charge is 2.28. The van der Waals surface area contributed by atoms with E-state index in [2.05, 4.69) is 9.46 Å². The van der Waals surface area contributed by atoms with E-state index in [-0.39, 0.29) is 15.8 Å². The first-order valence-electron chi connectivity index (χ1n) is 5.51. The molecule has 0 aromatic carbocycles. The summed E-state index contributed by atoms with van der Waals surface area (Å²) in [4.78, 5) is 11.7. The van der Waals surface area contributed by atoms with Gasteiger partial charge in [-0.1, -0.05) is 0 Å². The number of carbonyl (C=O) groups is 1. The summed E-state index contributed by atoms with van der Waals surface area (Å²) < 4.78 is 31.8. The Morgan fingerprint density at radius 3 is 2.74 bits per heavy atom. The molecule has 0 fully saturated rings. The molecule has 1 aromatic rings. The maximum Gasteiger partial charge on any atom is 0.349 e. The van der Waals surface area contributed by atoms with Crippen LogP contribution in [0.3, 0.4) is 0 Å². The van der Waals surface area contributed by atoms with Gasteiger partial charge in [-0.3, -0.25) is 0 Å². The molecule has 0 saturated heterocycles. The van der Waals surface area contributed by atoms with Gasteiger partial charge in [0, 0.05) is 11.8 Å². The number of thioether (sulfide) groups is 1. The van der Waals surface area contributed by atoms with Crippen LogP contribution >= 0.6 is 23.1 Å². The minimum atomic E-state index is -3.71. The Labute approximate surface area is 121 Å². The number of ether oxygens (including phenoxy) is 1. The van der Waals surface area contributed by atoms with Crippen molar-refractivity contribution in [2.45, 2.75) is 24.8 Å². The third-order valence-electron chi connectivity index (χ3n) is 2.33. The van der Waals surface area contributed by atoms with Crippen molar-refractivity contribution in [2.75, 3.05) is 19.1 Å². The molecule has 0 bridgehead atoms. The molecule has 19 heavy (non-hydrogen) atoms. The van der Waals surface area contributed by atoms with Crippen LogP contribution in [-0.2, 0) is 14.8 Å². The smallest absolute Gasteiger partial charge is 0.349 e. The normalized spacial score (nSPS) is 13.3. The van der Waals surface area contributed by atoms with E-state index in [1.165, 1.54) is 7.11 Å². The highest BCUT2D eigenvalue weighted by molar-refractivity contribution is 7.98. The van der Waals surface area contributed by atoms with Gasteiger partial charge in [0.2, 0.25) is 10.0 Å². The highest BCUT2D eigenvalue weighted by Crippen LogP contribution is 2.27. The molecule has 0 aliphatic carbocycles. The van der Waals surface area contributed by atoms with Gasteiger partial charge < -0.3 is 4.74 Å². The molecule has 0 amide bonds. The van der Waals surface area contributed by atoms with E-state index in [9.17, 15) is 13.2 Å². The van der Waals surface area contributed by atoms with Crippen molar-refractivity contribution >= 4 is 39.1 Å². The van der Waals surface area contributed by atoms with E-state index in [0.717, 1.165) is 11.3 Å². The lowest BCUT2D eigenvalue weighted by atomic mass is 10.3. The molecular weight excluding hydrogens is 306 g/mol. The largest absolute Gasteiger partial charge is 0.465 e. The Morgan fingerprint density at radius 1 is 1.58 bits per heavy atom. The summed E-state index contributed by atoms with van der Waals surface area (Å²) in [5.41, 5.74) is 0.550. The molecule has 0 saturated carbocycles. The van der Waals surface area contributed by atoms with Crippen LogP contribution in [0.5, 0.6) is 0 Å². The van der Waals surface area contributed by atoms with Gasteiger partial charge in [0.05, 0.1) is 7.11 Å². The van der Waals surface area contributed by atoms with Crippen molar-refractivity contribution in [3.63, 3.8) is 0 Å². The van der Waals surface area contributed by atoms with E-state index in [4.69, 9.17) is 0 Å². The fourth-order valence-electron chi connectivity index (χ4n) is 1.61. The predicted octanol–water partition coefficient (Wildman–Crippen LogP) is 1.87. The zero-order chi connectivity index (χ0) is 14.6. The molecule has 0 spiro atoms. The molecule has 1 heterocycles. The number of carbonyl (C=O) groups excluding carboxylic acids is 1. The Balaban J connectivity index is 3.14. The number of aryl methyl sites for hydroxylation is 1. The molecule has 0 radical (unpaired) electrons. The van der Waals surface area contributed by atoms with Gasteiger partial charge in [0.25, 0.3) is 0 Å². The molecule has 5 nitrogen and oxygen atoms in total. The van der Waals surface area contributed by atoms with Gasteiger partial charge in [-0.15, -0.1) is 11.3 Å². The Kier molecular flexibility index (Phi) is 5.84. The quantitative estimate of drug-likeness (QED) is 0.809. The van der Waals surface area contributed by atoms with Gasteiger partial charge >= 0.3 is 5.97 Å². The molecule has 1 atom stereocenters. The summed E-state index contributed by atoms with van der Waals surface area (Å²) in [5, 5.41) is 1.64. The lowest BCUT2D eigenvalue weighted by molar-refractivity contribution is 0.0602. The number of rotatable bonds is 6. The molecule has 1 aromatic heterocycles. The second kappa shape index (κ2) is 6.74. The van der Waals surface area contributed by atoms with E-state index in [1.54, 1.807) is 31.0 Å². The van der Waals surface area contributed by atoms with Gasteiger partial charge in [-0.05, 0) is 31.0 Å². The van der Waals surface area contributed by atoms with E-state index in [0.29, 0.717) is 11.3 Å². The van der Waals surface area contributed by atoms with Crippen LogP contribution in [0.4, 0.5) is 0 Å². The summed E-state index contributed by atoms with van der Waals surface area (Å²) >= 11 is 2.63. The minimum absolute atomic E-state index is 0.0253. The number of sulfonamides is 1. The number of hydrogen-bond donors (Lipinski definition) is 1. The summed E-state index contributed by atoms with van der Waals surface area (Å²) in [6.07, 6.45) is 1.90. The third-order valence-corrected chi connectivity index (χ3v) is 6.15. The van der Waals surface area contributed by atoms with Crippen molar-refractivity contribution < 1.29 is 17.9 Å².